The lowest BCUT2D eigenvalue weighted by atomic mass is 9.93. The van der Waals surface area contributed by atoms with Gasteiger partial charge in [0.15, 0.2) is 0 Å². The number of hydrogen-bond donors (Lipinski definition) is 2. The van der Waals surface area contributed by atoms with Gasteiger partial charge in [0.1, 0.15) is 24.7 Å². The van der Waals surface area contributed by atoms with E-state index in [9.17, 15) is 0 Å². The van der Waals surface area contributed by atoms with Crippen molar-refractivity contribution in [1.82, 2.24) is 51.2 Å². The molecule has 64 heavy (non-hydrogen) atoms. The van der Waals surface area contributed by atoms with Crippen LogP contribution in [-0.2, 0) is 26.1 Å². The van der Waals surface area contributed by atoms with Crippen molar-refractivity contribution < 1.29 is 9.47 Å². The molecule has 0 spiro atoms. The maximum absolute atomic E-state index is 6.05. The SMILES string of the molecule is CC(Cc1ccc(-c2nn[nH]n2)cc1)c1cccc(OCc2ccc3ccccc3n2)c1.CC(Cc1cccc(OCc2ccc3ccccc3n2)c1)c1ccc(-c2nn[nH]n2)cc1. The van der Waals surface area contributed by atoms with Gasteiger partial charge in [-0.3, -0.25) is 0 Å². The number of para-hydroxylation sites is 2. The Morgan fingerprint density at radius 3 is 1.55 bits per heavy atom. The zero-order chi connectivity index (χ0) is 43.5. The van der Waals surface area contributed by atoms with Crippen LogP contribution in [0, 0.1) is 0 Å². The molecule has 0 aliphatic rings. The second kappa shape index (κ2) is 19.7. The summed E-state index contributed by atoms with van der Waals surface area (Å²) in [5.41, 5.74) is 10.7. The van der Waals surface area contributed by atoms with Gasteiger partial charge in [0.05, 0.1) is 22.4 Å². The van der Waals surface area contributed by atoms with Gasteiger partial charge in [-0.25, -0.2) is 9.97 Å². The Bertz CT molecular complexity index is 3050. The lowest BCUT2D eigenvalue weighted by molar-refractivity contribution is 0.301. The van der Waals surface area contributed by atoms with Crippen LogP contribution in [0.5, 0.6) is 11.5 Å². The third kappa shape index (κ3) is 10.5. The first kappa shape index (κ1) is 41.2. The van der Waals surface area contributed by atoms with Gasteiger partial charge in [-0.15, -0.1) is 20.4 Å². The molecule has 12 heteroatoms. The third-order valence-corrected chi connectivity index (χ3v) is 11.1. The molecule has 0 fully saturated rings. The number of pyridine rings is 2. The zero-order valence-electron chi connectivity index (χ0n) is 35.5. The van der Waals surface area contributed by atoms with E-state index in [-0.39, 0.29) is 0 Å². The van der Waals surface area contributed by atoms with Crippen molar-refractivity contribution in [3.05, 3.63) is 203 Å². The molecule has 0 saturated heterocycles. The predicted molar refractivity (Wildman–Crippen MR) is 248 cm³/mol. The minimum absolute atomic E-state index is 0.355. The topological polar surface area (TPSA) is 153 Å². The minimum Gasteiger partial charge on any atom is -0.487 e. The highest BCUT2D eigenvalue weighted by Gasteiger charge is 2.12. The lowest BCUT2D eigenvalue weighted by Gasteiger charge is -2.14. The van der Waals surface area contributed by atoms with E-state index >= 15 is 0 Å². The zero-order valence-corrected chi connectivity index (χ0v) is 35.5. The molecule has 0 radical (unpaired) electrons. The fourth-order valence-electron chi connectivity index (χ4n) is 7.63. The third-order valence-electron chi connectivity index (χ3n) is 11.1. The second-order valence-electron chi connectivity index (χ2n) is 15.8. The van der Waals surface area contributed by atoms with Crippen LogP contribution in [0.15, 0.2) is 170 Å². The second-order valence-corrected chi connectivity index (χ2v) is 15.8. The van der Waals surface area contributed by atoms with Crippen LogP contribution in [0.1, 0.15) is 59.3 Å². The van der Waals surface area contributed by atoms with Crippen molar-refractivity contribution in [2.45, 2.75) is 51.7 Å². The monoisotopic (exact) mass is 842 g/mol. The quantitative estimate of drug-likeness (QED) is 0.108. The number of aromatic nitrogens is 10. The fraction of sp³-hybridized carbons (Fsp3) is 0.154. The Hall–Kier alpha value is -8.12. The number of rotatable bonds is 14. The summed E-state index contributed by atoms with van der Waals surface area (Å²) in [6.45, 7) is 5.36. The number of aromatic amines is 2. The first-order valence-corrected chi connectivity index (χ1v) is 21.3. The molecule has 2 atom stereocenters. The van der Waals surface area contributed by atoms with Gasteiger partial charge in [0.2, 0.25) is 11.6 Å². The highest BCUT2D eigenvalue weighted by Crippen LogP contribution is 2.27. The van der Waals surface area contributed by atoms with Gasteiger partial charge in [-0.2, -0.15) is 10.4 Å². The molecule has 0 aliphatic carbocycles. The molecule has 4 aromatic heterocycles. The van der Waals surface area contributed by atoms with Crippen LogP contribution >= 0.6 is 0 Å². The molecular weight excluding hydrogens is 797 g/mol. The van der Waals surface area contributed by atoms with Gasteiger partial charge in [0, 0.05) is 21.9 Å². The Morgan fingerprint density at radius 2 is 0.969 bits per heavy atom. The van der Waals surface area contributed by atoms with Crippen molar-refractivity contribution in [2.75, 3.05) is 0 Å². The Balaban J connectivity index is 0.000000162. The summed E-state index contributed by atoms with van der Waals surface area (Å²) in [6.07, 6.45) is 1.86. The molecule has 0 amide bonds. The molecule has 10 rings (SSSR count). The normalized spacial score (nSPS) is 12.0. The molecule has 6 aromatic carbocycles. The highest BCUT2D eigenvalue weighted by molar-refractivity contribution is 5.79. The van der Waals surface area contributed by atoms with Gasteiger partial charge in [-0.05, 0) is 106 Å². The molecule has 316 valence electrons. The van der Waals surface area contributed by atoms with Gasteiger partial charge < -0.3 is 9.47 Å². The summed E-state index contributed by atoms with van der Waals surface area (Å²) in [6, 6.07) is 57.7. The van der Waals surface area contributed by atoms with E-state index in [0.29, 0.717) is 36.7 Å². The number of nitrogens with one attached hydrogen (secondary N) is 2. The van der Waals surface area contributed by atoms with Gasteiger partial charge in [-0.1, -0.05) is 135 Å². The van der Waals surface area contributed by atoms with E-state index in [1.807, 2.05) is 97.1 Å². The summed E-state index contributed by atoms with van der Waals surface area (Å²) in [5, 5.41) is 30.6. The van der Waals surface area contributed by atoms with E-state index < -0.39 is 0 Å². The molecule has 12 nitrogen and oxygen atoms in total. The lowest BCUT2D eigenvalue weighted by Crippen LogP contribution is -2.01. The maximum Gasteiger partial charge on any atom is 0.204 e. The Kier molecular flexibility index (Phi) is 12.7. The van der Waals surface area contributed by atoms with E-state index in [1.165, 1.54) is 22.3 Å². The molecule has 2 unspecified atom stereocenters. The molecular formula is C52H46N10O2. The van der Waals surface area contributed by atoms with Crippen LogP contribution in [0.3, 0.4) is 0 Å². The molecule has 0 saturated carbocycles. The molecule has 0 bridgehead atoms. The highest BCUT2D eigenvalue weighted by atomic mass is 16.5. The first-order valence-electron chi connectivity index (χ1n) is 21.3. The molecule has 10 aromatic rings. The average Bonchev–Trinajstić information content (AvgIpc) is 4.10. The number of hydrogen-bond acceptors (Lipinski definition) is 10. The maximum atomic E-state index is 6.05. The largest absolute Gasteiger partial charge is 0.487 e. The van der Waals surface area contributed by atoms with E-state index in [0.717, 1.165) is 68.7 Å². The van der Waals surface area contributed by atoms with Crippen molar-refractivity contribution >= 4 is 21.8 Å². The number of fused-ring (bicyclic) bond motifs is 2. The summed E-state index contributed by atoms with van der Waals surface area (Å²) in [4.78, 5) is 9.38. The summed E-state index contributed by atoms with van der Waals surface area (Å²) in [5.74, 6) is 3.65. The molecule has 4 heterocycles. The van der Waals surface area contributed by atoms with Crippen LogP contribution in [0.2, 0.25) is 0 Å². The van der Waals surface area contributed by atoms with Gasteiger partial charge in [0.25, 0.3) is 0 Å². The van der Waals surface area contributed by atoms with E-state index in [4.69, 9.17) is 9.47 Å². The predicted octanol–water partition coefficient (Wildman–Crippen LogP) is 10.7. The molecule has 2 N–H and O–H groups in total. The number of H-pyrrole nitrogens is 2. The Labute approximate surface area is 370 Å². The standard InChI is InChI=1S/2C26H23N5O/c1-18(20-9-11-22(12-10-20)26-28-30-31-29-26)15-19-5-4-7-24(16-19)32-17-23-14-13-21-6-2-3-8-25(21)27-23;1-18(15-19-9-11-21(12-10-19)26-28-30-31-29-26)22-6-4-7-24(16-22)32-17-23-14-13-20-5-2-3-8-25(20)27-23/h2*2-14,16,18H,15,17H2,1H3,(H,28,29,30,31). The van der Waals surface area contributed by atoms with E-state index in [1.54, 1.807) is 0 Å². The average molecular weight is 843 g/mol. The van der Waals surface area contributed by atoms with Crippen molar-refractivity contribution in [3.8, 4) is 34.3 Å². The Morgan fingerprint density at radius 1 is 0.453 bits per heavy atom. The fourth-order valence-corrected chi connectivity index (χ4v) is 7.63. The summed E-state index contributed by atoms with van der Waals surface area (Å²) in [7, 11) is 0. The van der Waals surface area contributed by atoms with E-state index in [2.05, 4.69) is 138 Å². The first-order chi connectivity index (χ1) is 31.5. The van der Waals surface area contributed by atoms with Crippen LogP contribution < -0.4 is 9.47 Å². The summed E-state index contributed by atoms with van der Waals surface area (Å²) < 4.78 is 12.1. The van der Waals surface area contributed by atoms with Crippen molar-refractivity contribution in [2.24, 2.45) is 0 Å². The van der Waals surface area contributed by atoms with Gasteiger partial charge >= 0.3 is 0 Å². The van der Waals surface area contributed by atoms with Crippen LogP contribution in [0.25, 0.3) is 44.6 Å². The minimum atomic E-state index is 0.355. The van der Waals surface area contributed by atoms with Crippen LogP contribution in [-0.4, -0.2) is 51.2 Å². The van der Waals surface area contributed by atoms with Crippen molar-refractivity contribution in [1.29, 1.82) is 0 Å². The molecule has 0 aliphatic heterocycles. The van der Waals surface area contributed by atoms with Crippen LogP contribution in [0.4, 0.5) is 0 Å². The number of nitrogens with zero attached hydrogens (tertiary/aromatic N) is 8. The smallest absolute Gasteiger partial charge is 0.204 e. The number of benzene rings is 6. The number of ether oxygens (including phenoxy) is 2. The van der Waals surface area contributed by atoms with Crippen molar-refractivity contribution in [3.63, 3.8) is 0 Å². The number of tetrazole rings is 2. The summed E-state index contributed by atoms with van der Waals surface area (Å²) >= 11 is 0.